The molecule has 0 saturated heterocycles. The van der Waals surface area contributed by atoms with Crippen LogP contribution in [0.5, 0.6) is 5.75 Å². The molecule has 0 aliphatic carbocycles. The number of ether oxygens (including phenoxy) is 1. The molecule has 4 heteroatoms. The number of nitrogens with one attached hydrogen (secondary N) is 2. The van der Waals surface area contributed by atoms with E-state index in [1.165, 1.54) is 5.56 Å². The van der Waals surface area contributed by atoms with Crippen LogP contribution in [0.4, 0.5) is 11.4 Å². The molecule has 2 N–H and O–H groups in total. The quantitative estimate of drug-likeness (QED) is 0.614. The van der Waals surface area contributed by atoms with Gasteiger partial charge in [-0.15, -0.1) is 0 Å². The SMILES string of the molecule is Cc1ccc(NC(=O)CNc2ccc(OCCc3ccccc3)cc2)cc1. The molecule has 0 radical (unpaired) electrons. The van der Waals surface area contributed by atoms with Crippen LogP contribution in [0.1, 0.15) is 11.1 Å². The van der Waals surface area contributed by atoms with Crippen molar-refractivity contribution in [1.82, 2.24) is 0 Å². The molecule has 0 aromatic heterocycles. The maximum atomic E-state index is 12.0. The lowest BCUT2D eigenvalue weighted by Gasteiger charge is -2.10. The van der Waals surface area contributed by atoms with Gasteiger partial charge in [0.25, 0.3) is 0 Å². The number of carbonyl (C=O) groups is 1. The van der Waals surface area contributed by atoms with E-state index in [0.717, 1.165) is 29.1 Å². The van der Waals surface area contributed by atoms with Crippen molar-refractivity contribution in [2.75, 3.05) is 23.8 Å². The summed E-state index contributed by atoms with van der Waals surface area (Å²) in [6, 6.07) is 25.6. The highest BCUT2D eigenvalue weighted by Crippen LogP contribution is 2.16. The van der Waals surface area contributed by atoms with Crippen LogP contribution in [0.3, 0.4) is 0 Å². The summed E-state index contributed by atoms with van der Waals surface area (Å²) < 4.78 is 5.77. The fourth-order valence-electron chi connectivity index (χ4n) is 2.62. The molecule has 0 bridgehead atoms. The molecule has 0 aliphatic rings. The van der Waals surface area contributed by atoms with Gasteiger partial charge < -0.3 is 15.4 Å². The molecule has 0 fully saturated rings. The van der Waals surface area contributed by atoms with Gasteiger partial charge in [-0.05, 0) is 48.9 Å². The summed E-state index contributed by atoms with van der Waals surface area (Å²) in [5.74, 6) is 0.739. The van der Waals surface area contributed by atoms with Gasteiger partial charge in [-0.2, -0.15) is 0 Å². The molecule has 3 aromatic rings. The second-order valence-corrected chi connectivity index (χ2v) is 6.38. The second-order valence-electron chi connectivity index (χ2n) is 6.38. The van der Waals surface area contributed by atoms with Crippen molar-refractivity contribution in [2.24, 2.45) is 0 Å². The molecule has 0 unspecified atom stereocenters. The molecule has 0 spiro atoms. The van der Waals surface area contributed by atoms with E-state index in [0.29, 0.717) is 6.61 Å². The van der Waals surface area contributed by atoms with Gasteiger partial charge in [-0.3, -0.25) is 4.79 Å². The van der Waals surface area contributed by atoms with E-state index in [2.05, 4.69) is 22.8 Å². The fraction of sp³-hybridized carbons (Fsp3) is 0.174. The second kappa shape index (κ2) is 9.43. The van der Waals surface area contributed by atoms with Crippen LogP contribution in [-0.2, 0) is 11.2 Å². The van der Waals surface area contributed by atoms with Crippen LogP contribution < -0.4 is 15.4 Å². The van der Waals surface area contributed by atoms with Crippen molar-refractivity contribution in [3.05, 3.63) is 90.0 Å². The number of hydrogen-bond acceptors (Lipinski definition) is 3. The van der Waals surface area contributed by atoms with Gasteiger partial charge in [-0.25, -0.2) is 0 Å². The summed E-state index contributed by atoms with van der Waals surface area (Å²) in [4.78, 5) is 12.0. The van der Waals surface area contributed by atoms with Gasteiger partial charge in [0, 0.05) is 17.8 Å². The van der Waals surface area contributed by atoms with Crippen LogP contribution >= 0.6 is 0 Å². The number of hydrogen-bond donors (Lipinski definition) is 2. The number of anilines is 2. The Morgan fingerprint density at radius 2 is 1.52 bits per heavy atom. The molecular weight excluding hydrogens is 336 g/mol. The number of rotatable bonds is 8. The van der Waals surface area contributed by atoms with E-state index in [9.17, 15) is 4.79 Å². The van der Waals surface area contributed by atoms with Gasteiger partial charge in [0.05, 0.1) is 13.2 Å². The smallest absolute Gasteiger partial charge is 0.243 e. The van der Waals surface area contributed by atoms with E-state index in [-0.39, 0.29) is 12.5 Å². The van der Waals surface area contributed by atoms with E-state index in [1.807, 2.05) is 73.7 Å². The van der Waals surface area contributed by atoms with Gasteiger partial charge in [0.15, 0.2) is 0 Å². The van der Waals surface area contributed by atoms with Crippen molar-refractivity contribution in [2.45, 2.75) is 13.3 Å². The lowest BCUT2D eigenvalue weighted by molar-refractivity contribution is -0.114. The van der Waals surface area contributed by atoms with Gasteiger partial charge >= 0.3 is 0 Å². The average Bonchev–Trinajstić information content (AvgIpc) is 2.70. The van der Waals surface area contributed by atoms with Gasteiger partial charge in [0.2, 0.25) is 5.91 Å². The standard InChI is InChI=1S/C23H24N2O2/c1-18-7-9-21(10-8-18)25-23(26)17-24-20-11-13-22(14-12-20)27-16-15-19-5-3-2-4-6-19/h2-14,24H,15-17H2,1H3,(H,25,26). The minimum absolute atomic E-state index is 0.0814. The summed E-state index contributed by atoms with van der Waals surface area (Å²) in [5.41, 5.74) is 4.10. The lowest BCUT2D eigenvalue weighted by atomic mass is 10.2. The number of benzene rings is 3. The zero-order chi connectivity index (χ0) is 18.9. The Morgan fingerprint density at radius 3 is 2.22 bits per heavy atom. The predicted molar refractivity (Wildman–Crippen MR) is 110 cm³/mol. The first-order chi connectivity index (χ1) is 13.2. The van der Waals surface area contributed by atoms with E-state index in [4.69, 9.17) is 4.74 Å². The third-order valence-electron chi connectivity index (χ3n) is 4.15. The maximum Gasteiger partial charge on any atom is 0.243 e. The Balaban J connectivity index is 1.40. The van der Waals surface area contributed by atoms with Crippen molar-refractivity contribution in [1.29, 1.82) is 0 Å². The Morgan fingerprint density at radius 1 is 0.852 bits per heavy atom. The lowest BCUT2D eigenvalue weighted by Crippen LogP contribution is -2.21. The van der Waals surface area contributed by atoms with Crippen LogP contribution in [-0.4, -0.2) is 19.1 Å². The highest BCUT2D eigenvalue weighted by molar-refractivity contribution is 5.93. The molecule has 0 heterocycles. The Bertz CT molecular complexity index is 844. The normalized spacial score (nSPS) is 10.3. The van der Waals surface area contributed by atoms with Crippen LogP contribution in [0.25, 0.3) is 0 Å². The molecule has 0 saturated carbocycles. The van der Waals surface area contributed by atoms with Crippen LogP contribution in [0.15, 0.2) is 78.9 Å². The zero-order valence-corrected chi connectivity index (χ0v) is 15.4. The van der Waals surface area contributed by atoms with Gasteiger partial charge in [0.1, 0.15) is 5.75 Å². The summed E-state index contributed by atoms with van der Waals surface area (Å²) in [6.45, 7) is 2.86. The fourth-order valence-corrected chi connectivity index (χ4v) is 2.62. The highest BCUT2D eigenvalue weighted by atomic mass is 16.5. The monoisotopic (exact) mass is 360 g/mol. The molecule has 4 nitrogen and oxygen atoms in total. The number of amides is 1. The molecule has 0 aliphatic heterocycles. The third-order valence-corrected chi connectivity index (χ3v) is 4.15. The summed E-state index contributed by atoms with van der Waals surface area (Å²) in [7, 11) is 0. The highest BCUT2D eigenvalue weighted by Gasteiger charge is 2.03. The maximum absolute atomic E-state index is 12.0. The topological polar surface area (TPSA) is 50.4 Å². The number of aryl methyl sites for hydroxylation is 1. The summed E-state index contributed by atoms with van der Waals surface area (Å²) in [6.07, 6.45) is 0.875. The molecule has 0 atom stereocenters. The van der Waals surface area contributed by atoms with Crippen molar-refractivity contribution >= 4 is 17.3 Å². The summed E-state index contributed by atoms with van der Waals surface area (Å²) in [5, 5.41) is 5.99. The van der Waals surface area contributed by atoms with Crippen molar-refractivity contribution < 1.29 is 9.53 Å². The number of carbonyl (C=O) groups excluding carboxylic acids is 1. The molecular formula is C23H24N2O2. The van der Waals surface area contributed by atoms with E-state index >= 15 is 0 Å². The van der Waals surface area contributed by atoms with Crippen molar-refractivity contribution in [3.63, 3.8) is 0 Å². The first-order valence-corrected chi connectivity index (χ1v) is 9.06. The molecule has 1 amide bonds. The Labute approximate surface area is 160 Å². The first-order valence-electron chi connectivity index (χ1n) is 9.06. The minimum atomic E-state index is -0.0814. The van der Waals surface area contributed by atoms with E-state index in [1.54, 1.807) is 0 Å². The van der Waals surface area contributed by atoms with Crippen molar-refractivity contribution in [3.8, 4) is 5.75 Å². The Kier molecular flexibility index (Phi) is 6.47. The molecule has 138 valence electrons. The average molecular weight is 360 g/mol. The molecule has 3 rings (SSSR count). The predicted octanol–water partition coefficient (Wildman–Crippen LogP) is 4.67. The largest absolute Gasteiger partial charge is 0.493 e. The van der Waals surface area contributed by atoms with E-state index < -0.39 is 0 Å². The zero-order valence-electron chi connectivity index (χ0n) is 15.4. The third kappa shape index (κ3) is 6.19. The van der Waals surface area contributed by atoms with Gasteiger partial charge in [-0.1, -0.05) is 48.0 Å². The minimum Gasteiger partial charge on any atom is -0.493 e. The van der Waals surface area contributed by atoms with Crippen LogP contribution in [0, 0.1) is 6.92 Å². The van der Waals surface area contributed by atoms with Crippen LogP contribution in [0.2, 0.25) is 0 Å². The first kappa shape index (κ1) is 18.5. The molecule has 27 heavy (non-hydrogen) atoms. The molecule has 3 aromatic carbocycles. The summed E-state index contributed by atoms with van der Waals surface area (Å²) >= 11 is 0. The Hall–Kier alpha value is -3.27.